The summed E-state index contributed by atoms with van der Waals surface area (Å²) in [6.07, 6.45) is 0.882. The van der Waals surface area contributed by atoms with Crippen LogP contribution in [-0.2, 0) is 27.1 Å². The van der Waals surface area contributed by atoms with Crippen molar-refractivity contribution >= 4 is 10.0 Å². The van der Waals surface area contributed by atoms with Crippen LogP contribution in [0.2, 0.25) is 0 Å². The largest absolute Gasteiger partial charge is 0.384 e. The van der Waals surface area contributed by atoms with E-state index in [1.54, 1.807) is 11.4 Å². The van der Waals surface area contributed by atoms with E-state index in [1.165, 1.54) is 0 Å². The number of benzene rings is 1. The Morgan fingerprint density at radius 3 is 2.86 bits per heavy atom. The van der Waals surface area contributed by atoms with E-state index in [0.29, 0.717) is 25.6 Å². The number of rotatable bonds is 7. The van der Waals surface area contributed by atoms with Gasteiger partial charge in [-0.05, 0) is 30.5 Å². The summed E-state index contributed by atoms with van der Waals surface area (Å²) in [5.41, 5.74) is 1.95. The van der Waals surface area contributed by atoms with E-state index in [2.05, 4.69) is 5.32 Å². The number of ether oxygens (including phenoxy) is 1. The van der Waals surface area contributed by atoms with Crippen LogP contribution in [0.15, 0.2) is 24.3 Å². The van der Waals surface area contributed by atoms with Crippen molar-refractivity contribution < 1.29 is 13.2 Å². The molecule has 6 heteroatoms. The van der Waals surface area contributed by atoms with E-state index in [0.717, 1.165) is 24.1 Å². The summed E-state index contributed by atoms with van der Waals surface area (Å²) >= 11 is 0. The van der Waals surface area contributed by atoms with Crippen molar-refractivity contribution in [2.45, 2.75) is 18.7 Å². The van der Waals surface area contributed by atoms with Crippen molar-refractivity contribution in [1.29, 1.82) is 0 Å². The van der Waals surface area contributed by atoms with Gasteiger partial charge in [-0.2, -0.15) is 0 Å². The maximum Gasteiger partial charge on any atom is 0.218 e. The van der Waals surface area contributed by atoms with Gasteiger partial charge in [0.1, 0.15) is 0 Å². The van der Waals surface area contributed by atoms with Crippen LogP contribution in [0.4, 0.5) is 0 Å². The first-order valence-electron chi connectivity index (χ1n) is 7.24. The van der Waals surface area contributed by atoms with E-state index < -0.39 is 10.0 Å². The van der Waals surface area contributed by atoms with E-state index in [-0.39, 0.29) is 5.75 Å². The van der Waals surface area contributed by atoms with Crippen LogP contribution >= 0.6 is 0 Å². The summed E-state index contributed by atoms with van der Waals surface area (Å²) in [5.74, 6) is 0.393. The summed E-state index contributed by atoms with van der Waals surface area (Å²) in [5, 5.41) is 3.08. The van der Waals surface area contributed by atoms with E-state index in [1.807, 2.05) is 31.3 Å². The molecule has 1 saturated heterocycles. The molecule has 0 aromatic heterocycles. The fourth-order valence-electron chi connectivity index (χ4n) is 2.76. The summed E-state index contributed by atoms with van der Waals surface area (Å²) in [6, 6.07) is 7.74. The van der Waals surface area contributed by atoms with E-state index in [9.17, 15) is 8.42 Å². The molecule has 1 unspecified atom stereocenters. The number of nitrogens with one attached hydrogen (secondary N) is 1. The average molecular weight is 312 g/mol. The number of hydrogen-bond acceptors (Lipinski definition) is 4. The first-order valence-corrected chi connectivity index (χ1v) is 8.85. The lowest BCUT2D eigenvalue weighted by atomic mass is 10.1. The van der Waals surface area contributed by atoms with Crippen molar-refractivity contribution in [3.63, 3.8) is 0 Å². The molecule has 1 fully saturated rings. The van der Waals surface area contributed by atoms with Crippen LogP contribution in [0.1, 0.15) is 17.5 Å². The van der Waals surface area contributed by atoms with Crippen LogP contribution < -0.4 is 5.32 Å². The highest BCUT2D eigenvalue weighted by Crippen LogP contribution is 2.22. The number of nitrogens with zero attached hydrogens (tertiary/aromatic N) is 1. The third-order valence-corrected chi connectivity index (χ3v) is 5.58. The molecule has 1 aliphatic rings. The third-order valence-electron chi connectivity index (χ3n) is 3.77. The highest BCUT2D eigenvalue weighted by molar-refractivity contribution is 7.88. The Morgan fingerprint density at radius 2 is 2.14 bits per heavy atom. The number of sulfonamides is 1. The molecular formula is C15H24N2O3S. The maximum absolute atomic E-state index is 12.5. The highest BCUT2D eigenvalue weighted by Gasteiger charge is 2.31. The summed E-state index contributed by atoms with van der Waals surface area (Å²) in [6.45, 7) is 2.55. The molecule has 0 saturated carbocycles. The number of methoxy groups -OCH3 is 1. The predicted molar refractivity (Wildman–Crippen MR) is 83.4 cm³/mol. The molecule has 1 heterocycles. The molecule has 1 aromatic carbocycles. The van der Waals surface area contributed by atoms with Gasteiger partial charge in [-0.3, -0.25) is 0 Å². The Kier molecular flexibility index (Phi) is 5.75. The molecule has 0 radical (unpaired) electrons. The Labute approximate surface area is 127 Å². The highest BCUT2D eigenvalue weighted by atomic mass is 32.2. The topological polar surface area (TPSA) is 58.6 Å². The van der Waals surface area contributed by atoms with Crippen LogP contribution in [0.3, 0.4) is 0 Å². The Hall–Kier alpha value is -0.950. The minimum atomic E-state index is -3.24. The second kappa shape index (κ2) is 7.35. The minimum Gasteiger partial charge on any atom is -0.384 e. The second-order valence-electron chi connectivity index (χ2n) is 5.57. The Morgan fingerprint density at radius 1 is 1.38 bits per heavy atom. The molecule has 1 N–H and O–H groups in total. The maximum atomic E-state index is 12.5. The van der Waals surface area contributed by atoms with Gasteiger partial charge in [-0.1, -0.05) is 24.3 Å². The lowest BCUT2D eigenvalue weighted by Crippen LogP contribution is -2.30. The van der Waals surface area contributed by atoms with Gasteiger partial charge in [0.25, 0.3) is 0 Å². The molecule has 1 atom stereocenters. The van der Waals surface area contributed by atoms with Crippen LogP contribution in [0.5, 0.6) is 0 Å². The summed E-state index contributed by atoms with van der Waals surface area (Å²) in [4.78, 5) is 0. The number of hydrogen-bond donors (Lipinski definition) is 1. The minimum absolute atomic E-state index is 0.0737. The Bertz CT molecular complexity index is 560. The third kappa shape index (κ3) is 4.51. The van der Waals surface area contributed by atoms with Crippen molar-refractivity contribution in [3.8, 4) is 0 Å². The molecule has 0 amide bonds. The predicted octanol–water partition coefficient (Wildman–Crippen LogP) is 1.20. The normalized spacial score (nSPS) is 20.0. The van der Waals surface area contributed by atoms with Gasteiger partial charge in [0.15, 0.2) is 0 Å². The lowest BCUT2D eigenvalue weighted by Gasteiger charge is -2.17. The van der Waals surface area contributed by atoms with Crippen molar-refractivity contribution in [3.05, 3.63) is 35.4 Å². The van der Waals surface area contributed by atoms with Gasteiger partial charge in [0.05, 0.1) is 12.4 Å². The SMILES string of the molecule is CNCc1cccc(CS(=O)(=O)N2CCC(COC)C2)c1. The van der Waals surface area contributed by atoms with Crippen molar-refractivity contribution in [2.24, 2.45) is 5.92 Å². The van der Waals surface area contributed by atoms with Gasteiger partial charge in [-0.25, -0.2) is 12.7 Å². The second-order valence-corrected chi connectivity index (χ2v) is 7.54. The zero-order chi connectivity index (χ0) is 15.3. The molecule has 21 heavy (non-hydrogen) atoms. The molecule has 5 nitrogen and oxygen atoms in total. The van der Waals surface area contributed by atoms with Gasteiger partial charge in [0.2, 0.25) is 10.0 Å². The molecule has 2 rings (SSSR count). The van der Waals surface area contributed by atoms with Crippen LogP contribution in [-0.4, -0.2) is 46.6 Å². The summed E-state index contributed by atoms with van der Waals surface area (Å²) in [7, 11) is 0.297. The molecule has 0 spiro atoms. The van der Waals surface area contributed by atoms with E-state index >= 15 is 0 Å². The zero-order valence-corrected chi connectivity index (χ0v) is 13.5. The van der Waals surface area contributed by atoms with E-state index in [4.69, 9.17) is 4.74 Å². The van der Waals surface area contributed by atoms with Crippen LogP contribution in [0, 0.1) is 5.92 Å². The summed E-state index contributed by atoms with van der Waals surface area (Å²) < 4.78 is 31.7. The monoisotopic (exact) mass is 312 g/mol. The zero-order valence-electron chi connectivity index (χ0n) is 12.7. The smallest absolute Gasteiger partial charge is 0.218 e. The molecule has 1 aromatic rings. The van der Waals surface area contributed by atoms with Gasteiger partial charge in [-0.15, -0.1) is 0 Å². The molecule has 0 bridgehead atoms. The van der Waals surface area contributed by atoms with Gasteiger partial charge < -0.3 is 10.1 Å². The molecule has 0 aliphatic carbocycles. The van der Waals surface area contributed by atoms with Gasteiger partial charge in [0, 0.05) is 26.7 Å². The van der Waals surface area contributed by atoms with Crippen molar-refractivity contribution in [1.82, 2.24) is 9.62 Å². The molecular weight excluding hydrogens is 288 g/mol. The first kappa shape index (κ1) is 16.4. The van der Waals surface area contributed by atoms with Crippen LogP contribution in [0.25, 0.3) is 0 Å². The van der Waals surface area contributed by atoms with Gasteiger partial charge >= 0.3 is 0 Å². The first-order chi connectivity index (χ1) is 10.0. The standard InChI is InChI=1S/C15H24N2O3S/c1-16-9-13-4-3-5-14(8-13)12-21(18,19)17-7-6-15(10-17)11-20-2/h3-5,8,15-16H,6-7,9-12H2,1-2H3. The van der Waals surface area contributed by atoms with Crippen molar-refractivity contribution in [2.75, 3.05) is 33.9 Å². The molecule has 1 aliphatic heterocycles. The lowest BCUT2D eigenvalue weighted by molar-refractivity contribution is 0.157. The quantitative estimate of drug-likeness (QED) is 0.822. The fourth-order valence-corrected chi connectivity index (χ4v) is 4.36. The fraction of sp³-hybridized carbons (Fsp3) is 0.600. The molecule has 118 valence electrons. The average Bonchev–Trinajstić information content (AvgIpc) is 2.89. The Balaban J connectivity index is 2.02.